The molecule has 0 heterocycles. The molecule has 0 aromatic heterocycles. The topological polar surface area (TPSA) is 26.3 Å². The summed E-state index contributed by atoms with van der Waals surface area (Å²) in [5.41, 5.74) is 0.169. The highest BCUT2D eigenvalue weighted by Gasteiger charge is 2.31. The monoisotopic (exact) mass is 240 g/mol. The number of hydrogen-bond donors (Lipinski definition) is 0. The summed E-state index contributed by atoms with van der Waals surface area (Å²) < 4.78 is 40.0. The van der Waals surface area contributed by atoms with Crippen LogP contribution in [-0.2, 0) is 0 Å². The van der Waals surface area contributed by atoms with Crippen molar-refractivity contribution in [2.75, 3.05) is 0 Å². The van der Waals surface area contributed by atoms with E-state index in [2.05, 4.69) is 4.74 Å². The van der Waals surface area contributed by atoms with Crippen molar-refractivity contribution in [3.05, 3.63) is 42.0 Å². The van der Waals surface area contributed by atoms with E-state index in [1.807, 2.05) is 0 Å². The molecule has 0 unspecified atom stereocenters. The van der Waals surface area contributed by atoms with E-state index in [1.54, 1.807) is 24.3 Å². The first-order chi connectivity index (χ1) is 7.99. The second-order valence-corrected chi connectivity index (χ2v) is 3.40. The molecule has 0 aliphatic carbocycles. The minimum Gasteiger partial charge on any atom is -0.406 e. The molecule has 0 amide bonds. The van der Waals surface area contributed by atoms with Gasteiger partial charge in [0.2, 0.25) is 0 Å². The normalized spacial score (nSPS) is 11.5. The molecule has 2 nitrogen and oxygen atoms in total. The van der Waals surface area contributed by atoms with E-state index in [0.717, 1.165) is 6.07 Å². The minimum atomic E-state index is -4.76. The van der Waals surface area contributed by atoms with Gasteiger partial charge in [0.15, 0.2) is 6.29 Å². The Morgan fingerprint density at radius 3 is 2.47 bits per heavy atom. The molecule has 5 heteroatoms. The second-order valence-electron chi connectivity index (χ2n) is 3.40. The summed E-state index contributed by atoms with van der Waals surface area (Å²) >= 11 is 0. The van der Waals surface area contributed by atoms with Crippen LogP contribution in [0.2, 0.25) is 0 Å². The van der Waals surface area contributed by atoms with Gasteiger partial charge in [-0.3, -0.25) is 4.79 Å². The van der Waals surface area contributed by atoms with Gasteiger partial charge >= 0.3 is 6.36 Å². The predicted molar refractivity (Wildman–Crippen MR) is 56.0 cm³/mol. The fourth-order valence-corrected chi connectivity index (χ4v) is 1.60. The first kappa shape index (κ1) is 11.4. The standard InChI is InChI=1S/C12H7F3O2/c13-12(14,15)17-10-5-8-3-1-2-4-11(8)9(6-10)7-16/h1-7H. The van der Waals surface area contributed by atoms with Crippen LogP contribution in [0.15, 0.2) is 36.4 Å². The molecule has 17 heavy (non-hydrogen) atoms. The lowest BCUT2D eigenvalue weighted by Gasteiger charge is -2.10. The Bertz CT molecular complexity index is 561. The van der Waals surface area contributed by atoms with Gasteiger partial charge in [-0.1, -0.05) is 24.3 Å². The van der Waals surface area contributed by atoms with E-state index in [0.29, 0.717) is 17.1 Å². The van der Waals surface area contributed by atoms with Gasteiger partial charge in [0.25, 0.3) is 0 Å². The summed E-state index contributed by atoms with van der Waals surface area (Å²) in [4.78, 5) is 10.8. The summed E-state index contributed by atoms with van der Waals surface area (Å²) in [6.45, 7) is 0. The highest BCUT2D eigenvalue weighted by molar-refractivity contribution is 5.99. The van der Waals surface area contributed by atoms with Crippen LogP contribution in [0.1, 0.15) is 10.4 Å². The number of hydrogen-bond acceptors (Lipinski definition) is 2. The van der Waals surface area contributed by atoms with Crippen LogP contribution in [0.25, 0.3) is 10.8 Å². The molecule has 2 rings (SSSR count). The number of ether oxygens (including phenoxy) is 1. The Kier molecular flexibility index (Phi) is 2.75. The molecular formula is C12H7F3O2. The molecule has 0 fully saturated rings. The first-order valence-electron chi connectivity index (χ1n) is 4.73. The lowest BCUT2D eigenvalue weighted by molar-refractivity contribution is -0.274. The summed E-state index contributed by atoms with van der Waals surface area (Å²) in [6.07, 6.45) is -4.26. The van der Waals surface area contributed by atoms with Crippen LogP contribution in [0, 0.1) is 0 Å². The van der Waals surface area contributed by atoms with Crippen LogP contribution in [0.3, 0.4) is 0 Å². The summed E-state index contributed by atoms with van der Waals surface area (Å²) in [5.74, 6) is -0.390. The van der Waals surface area contributed by atoms with Gasteiger partial charge in [-0.2, -0.15) is 0 Å². The number of benzene rings is 2. The van der Waals surface area contributed by atoms with Crippen molar-refractivity contribution in [3.8, 4) is 5.75 Å². The lowest BCUT2D eigenvalue weighted by Crippen LogP contribution is -2.17. The summed E-state index contributed by atoms with van der Waals surface area (Å²) in [6, 6.07) is 8.98. The summed E-state index contributed by atoms with van der Waals surface area (Å²) in [7, 11) is 0. The second kappa shape index (κ2) is 4.08. The zero-order chi connectivity index (χ0) is 12.5. The fraction of sp³-hybridized carbons (Fsp3) is 0.0833. The number of halogens is 3. The Balaban J connectivity index is 2.56. The van der Waals surface area contributed by atoms with Crippen LogP contribution < -0.4 is 4.74 Å². The lowest BCUT2D eigenvalue weighted by atomic mass is 10.1. The SMILES string of the molecule is O=Cc1cc(OC(F)(F)F)cc2ccccc12. The van der Waals surface area contributed by atoms with Gasteiger partial charge in [-0.05, 0) is 22.9 Å². The van der Waals surface area contributed by atoms with Gasteiger partial charge in [0.1, 0.15) is 5.75 Å². The molecule has 0 saturated heterocycles. The van der Waals surface area contributed by atoms with E-state index in [4.69, 9.17) is 0 Å². The average molecular weight is 240 g/mol. The number of carbonyl (C=O) groups is 1. The Morgan fingerprint density at radius 1 is 1.12 bits per heavy atom. The van der Waals surface area contributed by atoms with Crippen molar-refractivity contribution >= 4 is 17.1 Å². The van der Waals surface area contributed by atoms with E-state index in [-0.39, 0.29) is 5.56 Å². The van der Waals surface area contributed by atoms with Crippen molar-refractivity contribution in [3.63, 3.8) is 0 Å². The molecule has 0 atom stereocenters. The maximum absolute atomic E-state index is 12.1. The van der Waals surface area contributed by atoms with Gasteiger partial charge in [-0.15, -0.1) is 13.2 Å². The molecular weight excluding hydrogens is 233 g/mol. The molecule has 0 N–H and O–H groups in total. The van der Waals surface area contributed by atoms with Crippen molar-refractivity contribution in [2.45, 2.75) is 6.36 Å². The number of rotatable bonds is 2. The van der Waals surface area contributed by atoms with Crippen LogP contribution in [0.5, 0.6) is 5.75 Å². The minimum absolute atomic E-state index is 0.169. The third kappa shape index (κ3) is 2.55. The highest BCUT2D eigenvalue weighted by Crippen LogP contribution is 2.28. The highest BCUT2D eigenvalue weighted by atomic mass is 19.4. The molecule has 0 aliphatic heterocycles. The zero-order valence-electron chi connectivity index (χ0n) is 8.49. The van der Waals surface area contributed by atoms with Crippen LogP contribution in [0.4, 0.5) is 13.2 Å². The summed E-state index contributed by atoms with van der Waals surface area (Å²) in [5, 5.41) is 1.12. The Labute approximate surface area is 94.6 Å². The van der Waals surface area contributed by atoms with Crippen molar-refractivity contribution in [2.24, 2.45) is 0 Å². The van der Waals surface area contributed by atoms with Gasteiger partial charge < -0.3 is 4.74 Å². The molecule has 2 aromatic rings. The van der Waals surface area contributed by atoms with Gasteiger partial charge in [0.05, 0.1) is 0 Å². The van der Waals surface area contributed by atoms with Gasteiger partial charge in [0, 0.05) is 5.56 Å². The maximum atomic E-state index is 12.1. The number of carbonyl (C=O) groups excluding carboxylic acids is 1. The predicted octanol–water partition coefficient (Wildman–Crippen LogP) is 3.55. The van der Waals surface area contributed by atoms with Crippen molar-refractivity contribution in [1.29, 1.82) is 0 Å². The third-order valence-electron chi connectivity index (χ3n) is 2.23. The Morgan fingerprint density at radius 2 is 1.82 bits per heavy atom. The first-order valence-corrected chi connectivity index (χ1v) is 4.73. The van der Waals surface area contributed by atoms with Crippen molar-refractivity contribution in [1.82, 2.24) is 0 Å². The fourth-order valence-electron chi connectivity index (χ4n) is 1.60. The maximum Gasteiger partial charge on any atom is 0.573 e. The average Bonchev–Trinajstić information content (AvgIpc) is 2.25. The Hall–Kier alpha value is -2.04. The third-order valence-corrected chi connectivity index (χ3v) is 2.23. The smallest absolute Gasteiger partial charge is 0.406 e. The van der Waals surface area contributed by atoms with E-state index in [9.17, 15) is 18.0 Å². The molecule has 2 aromatic carbocycles. The van der Waals surface area contributed by atoms with Crippen LogP contribution >= 0.6 is 0 Å². The molecule has 0 bridgehead atoms. The van der Waals surface area contributed by atoms with E-state index >= 15 is 0 Å². The molecule has 0 saturated carbocycles. The zero-order valence-corrected chi connectivity index (χ0v) is 8.49. The number of alkyl halides is 3. The van der Waals surface area contributed by atoms with E-state index in [1.165, 1.54) is 6.07 Å². The van der Waals surface area contributed by atoms with Gasteiger partial charge in [-0.25, -0.2) is 0 Å². The molecule has 0 spiro atoms. The van der Waals surface area contributed by atoms with E-state index < -0.39 is 12.1 Å². The molecule has 88 valence electrons. The number of fused-ring (bicyclic) bond motifs is 1. The van der Waals surface area contributed by atoms with Crippen molar-refractivity contribution < 1.29 is 22.7 Å². The quantitative estimate of drug-likeness (QED) is 0.750. The largest absolute Gasteiger partial charge is 0.573 e. The molecule has 0 aliphatic rings. The number of aldehydes is 1. The molecule has 0 radical (unpaired) electrons. The van der Waals surface area contributed by atoms with Crippen LogP contribution in [-0.4, -0.2) is 12.6 Å².